The number of carboxylic acids is 1. The van der Waals surface area contributed by atoms with Crippen LogP contribution in [0, 0.1) is 0 Å². The number of aromatic nitrogens is 4. The minimum atomic E-state index is -1.37. The van der Waals surface area contributed by atoms with Gasteiger partial charge in [-0.05, 0) is 39.9 Å². The summed E-state index contributed by atoms with van der Waals surface area (Å²) in [5.74, 6) is -1.94. The van der Waals surface area contributed by atoms with Crippen LogP contribution in [0.4, 0.5) is 4.79 Å². The van der Waals surface area contributed by atoms with Gasteiger partial charge in [-0.25, -0.2) is 9.48 Å². The Labute approximate surface area is 212 Å². The lowest BCUT2D eigenvalue weighted by Crippen LogP contribution is -2.44. The van der Waals surface area contributed by atoms with Gasteiger partial charge in [0.2, 0.25) is 5.16 Å². The van der Waals surface area contributed by atoms with Gasteiger partial charge in [-0.3, -0.25) is 9.59 Å². The van der Waals surface area contributed by atoms with Crippen molar-refractivity contribution in [1.82, 2.24) is 25.5 Å². The maximum absolute atomic E-state index is 12.8. The molecular weight excluding hydrogens is 529 g/mol. The number of hydrogen-bond donors (Lipinski definition) is 2. The Morgan fingerprint density at radius 3 is 2.44 bits per heavy atom. The highest BCUT2D eigenvalue weighted by atomic mass is 35.5. The number of tetrazole rings is 1. The molecule has 1 atom stereocenters. The highest BCUT2D eigenvalue weighted by molar-refractivity contribution is 7.99. The molecule has 1 aromatic heterocycles. The van der Waals surface area contributed by atoms with Gasteiger partial charge < -0.3 is 15.2 Å². The number of amides is 1. The molecule has 34 heavy (non-hydrogen) atoms. The molecule has 1 amide bonds. The van der Waals surface area contributed by atoms with Crippen molar-refractivity contribution in [1.29, 1.82) is 0 Å². The summed E-state index contributed by atoms with van der Waals surface area (Å²) in [5, 5.41) is 23.6. The number of halogens is 3. The lowest BCUT2D eigenvalue weighted by molar-refractivity contribution is -0.139. The molecule has 1 heterocycles. The van der Waals surface area contributed by atoms with Crippen molar-refractivity contribution < 1.29 is 24.2 Å². The Balaban J connectivity index is 1.67. The maximum Gasteiger partial charge on any atom is 0.408 e. The van der Waals surface area contributed by atoms with Crippen LogP contribution >= 0.6 is 46.6 Å². The molecule has 0 saturated carbocycles. The Hall–Kier alpha value is -2.86. The lowest BCUT2D eigenvalue weighted by atomic mass is 10.1. The molecular formula is C20H16Cl3N5O5S. The lowest BCUT2D eigenvalue weighted by Gasteiger charge is -2.16. The third kappa shape index (κ3) is 7.32. The number of carbonyl (C=O) groups is 3. The second-order valence-electron chi connectivity index (χ2n) is 6.74. The molecule has 3 aromatic rings. The second-order valence-corrected chi connectivity index (χ2v) is 8.97. The van der Waals surface area contributed by atoms with E-state index in [2.05, 4.69) is 20.8 Å². The Kier molecular flexibility index (Phi) is 9.11. The minimum Gasteiger partial charge on any atom is -0.481 e. The van der Waals surface area contributed by atoms with Gasteiger partial charge in [0.25, 0.3) is 0 Å². The molecule has 0 bridgehead atoms. The number of rotatable bonds is 10. The van der Waals surface area contributed by atoms with Crippen LogP contribution in [0.3, 0.4) is 0 Å². The first-order chi connectivity index (χ1) is 16.2. The van der Waals surface area contributed by atoms with Crippen LogP contribution in [0.1, 0.15) is 12.0 Å². The van der Waals surface area contributed by atoms with Gasteiger partial charge in [-0.2, -0.15) is 0 Å². The smallest absolute Gasteiger partial charge is 0.408 e. The number of Topliss-reactive ketones (excluding diaryl/α,β-unsaturated/α-hetero) is 1. The van der Waals surface area contributed by atoms with E-state index < -0.39 is 36.9 Å². The summed E-state index contributed by atoms with van der Waals surface area (Å²) in [7, 11) is 0. The zero-order chi connectivity index (χ0) is 24.7. The number of aliphatic carboxylic acids is 1. The topological polar surface area (TPSA) is 136 Å². The SMILES string of the molecule is O=C(O)CC(NC(=O)OCc1ccccc1)C(=O)Cn1nnnc1Sc1c(Cl)cc(Cl)cc1Cl. The van der Waals surface area contributed by atoms with E-state index >= 15 is 0 Å². The first-order valence-electron chi connectivity index (χ1n) is 9.53. The molecule has 0 radical (unpaired) electrons. The summed E-state index contributed by atoms with van der Waals surface area (Å²) >= 11 is 19.3. The maximum atomic E-state index is 12.8. The number of ether oxygens (including phenoxy) is 1. The zero-order valence-corrected chi connectivity index (χ0v) is 20.2. The number of carbonyl (C=O) groups excluding carboxylic acids is 2. The second kappa shape index (κ2) is 12.0. The summed E-state index contributed by atoms with van der Waals surface area (Å²) < 4.78 is 6.22. The molecule has 1 unspecified atom stereocenters. The summed E-state index contributed by atoms with van der Waals surface area (Å²) in [6, 6.07) is 10.5. The van der Waals surface area contributed by atoms with Crippen LogP contribution in [-0.4, -0.2) is 49.2 Å². The van der Waals surface area contributed by atoms with Crippen molar-refractivity contribution >= 4 is 64.4 Å². The van der Waals surface area contributed by atoms with Gasteiger partial charge in [0, 0.05) is 5.02 Å². The average Bonchev–Trinajstić information content (AvgIpc) is 3.21. The molecule has 0 spiro atoms. The Morgan fingerprint density at radius 1 is 1.12 bits per heavy atom. The van der Waals surface area contributed by atoms with Crippen LogP contribution in [0.25, 0.3) is 0 Å². The number of ketones is 1. The molecule has 2 aromatic carbocycles. The quantitative estimate of drug-likeness (QED) is 0.386. The molecule has 0 fully saturated rings. The van der Waals surface area contributed by atoms with Gasteiger partial charge in [0.05, 0.1) is 21.4 Å². The summed E-state index contributed by atoms with van der Waals surface area (Å²) in [6.45, 7) is -0.466. The predicted molar refractivity (Wildman–Crippen MR) is 124 cm³/mol. The number of benzene rings is 2. The molecule has 0 aliphatic rings. The van der Waals surface area contributed by atoms with Crippen LogP contribution < -0.4 is 5.32 Å². The highest BCUT2D eigenvalue weighted by Gasteiger charge is 2.26. The van der Waals surface area contributed by atoms with Crippen molar-refractivity contribution in [2.75, 3.05) is 0 Å². The number of alkyl carbamates (subject to hydrolysis) is 1. The Morgan fingerprint density at radius 2 is 1.79 bits per heavy atom. The minimum absolute atomic E-state index is 0.0446. The van der Waals surface area contributed by atoms with Gasteiger partial charge in [-0.1, -0.05) is 65.1 Å². The summed E-state index contributed by atoms with van der Waals surface area (Å²) in [5.41, 5.74) is 0.730. The Bertz CT molecular complexity index is 1170. The normalized spacial score (nSPS) is 11.6. The number of nitrogens with one attached hydrogen (secondary N) is 1. The van der Waals surface area contributed by atoms with Crippen molar-refractivity contribution in [2.24, 2.45) is 0 Å². The molecule has 3 rings (SSSR count). The van der Waals surface area contributed by atoms with Gasteiger partial charge in [-0.15, -0.1) is 5.10 Å². The molecule has 178 valence electrons. The first-order valence-corrected chi connectivity index (χ1v) is 11.5. The van der Waals surface area contributed by atoms with E-state index in [-0.39, 0.29) is 21.8 Å². The standard InChI is InChI=1S/C20H16Cl3N5O5S/c21-12-6-13(22)18(14(23)7-12)34-19-25-26-27-28(19)9-16(29)15(8-17(30)31)24-20(32)33-10-11-4-2-1-3-5-11/h1-7,15H,8-10H2,(H,24,32)(H,30,31). The van der Waals surface area contributed by atoms with Crippen LogP contribution in [0.5, 0.6) is 0 Å². The largest absolute Gasteiger partial charge is 0.481 e. The molecule has 0 aliphatic carbocycles. The fourth-order valence-electron chi connectivity index (χ4n) is 2.67. The molecule has 2 N–H and O–H groups in total. The van der Waals surface area contributed by atoms with E-state index in [0.717, 1.165) is 22.0 Å². The number of hydrogen-bond acceptors (Lipinski definition) is 8. The highest BCUT2D eigenvalue weighted by Crippen LogP contribution is 2.39. The molecule has 0 aliphatic heterocycles. The van der Waals surface area contributed by atoms with Crippen LogP contribution in [0.2, 0.25) is 15.1 Å². The number of nitrogens with zero attached hydrogens (tertiary/aromatic N) is 4. The van der Waals surface area contributed by atoms with Crippen molar-refractivity contribution in [2.45, 2.75) is 35.7 Å². The van der Waals surface area contributed by atoms with Gasteiger partial charge in [0.15, 0.2) is 5.78 Å². The fraction of sp³-hybridized carbons (Fsp3) is 0.200. The van der Waals surface area contributed by atoms with Gasteiger partial charge >= 0.3 is 12.1 Å². The van der Waals surface area contributed by atoms with Gasteiger partial charge in [0.1, 0.15) is 19.2 Å². The zero-order valence-electron chi connectivity index (χ0n) is 17.2. The van der Waals surface area contributed by atoms with Crippen LogP contribution in [-0.2, 0) is 27.5 Å². The number of carboxylic acid groups (broad SMARTS) is 1. The summed E-state index contributed by atoms with van der Waals surface area (Å²) in [4.78, 5) is 36.6. The van der Waals surface area contributed by atoms with E-state index in [1.54, 1.807) is 24.3 Å². The van der Waals surface area contributed by atoms with E-state index in [1.807, 2.05) is 6.07 Å². The average molecular weight is 545 g/mol. The predicted octanol–water partition coefficient (Wildman–Crippen LogP) is 4.12. The molecule has 14 heteroatoms. The first kappa shape index (κ1) is 25.8. The summed E-state index contributed by atoms with van der Waals surface area (Å²) in [6.07, 6.45) is -1.59. The third-order valence-electron chi connectivity index (χ3n) is 4.23. The third-order valence-corrected chi connectivity index (χ3v) is 6.39. The monoisotopic (exact) mass is 543 g/mol. The van der Waals surface area contributed by atoms with Crippen molar-refractivity contribution in [3.05, 3.63) is 63.1 Å². The van der Waals surface area contributed by atoms with E-state index in [0.29, 0.717) is 9.92 Å². The van der Waals surface area contributed by atoms with E-state index in [9.17, 15) is 19.5 Å². The molecule has 10 nitrogen and oxygen atoms in total. The van der Waals surface area contributed by atoms with Crippen molar-refractivity contribution in [3.8, 4) is 0 Å². The van der Waals surface area contributed by atoms with Crippen LogP contribution in [0.15, 0.2) is 52.5 Å². The molecule has 0 saturated heterocycles. The van der Waals surface area contributed by atoms with Crippen molar-refractivity contribution in [3.63, 3.8) is 0 Å². The van der Waals surface area contributed by atoms with E-state index in [1.165, 1.54) is 12.1 Å². The van der Waals surface area contributed by atoms with E-state index in [4.69, 9.17) is 39.5 Å². The fourth-order valence-corrected chi connectivity index (χ4v) is 4.50.